The fourth-order valence-corrected chi connectivity index (χ4v) is 1.37. The molecule has 0 spiro atoms. The minimum absolute atomic E-state index is 0. The molecule has 0 atom stereocenters. The molecule has 3 nitrogen and oxygen atoms in total. The Morgan fingerprint density at radius 3 is 2.73 bits per heavy atom. The second kappa shape index (κ2) is 6.67. The fourth-order valence-electron chi connectivity index (χ4n) is 1.15. The molecule has 0 bridgehead atoms. The number of benzene rings is 1. The van der Waals surface area contributed by atoms with Gasteiger partial charge in [0.15, 0.2) is 0 Å². The lowest BCUT2D eigenvalue weighted by molar-refractivity contribution is -0.128. The molecule has 15 heavy (non-hydrogen) atoms. The molecule has 1 amide bonds. The van der Waals surface area contributed by atoms with Gasteiger partial charge in [-0.05, 0) is 17.7 Å². The molecule has 0 aromatic heterocycles. The number of nitrogens with two attached hydrogens (primary N) is 1. The monoisotopic (exact) mass is 248 g/mol. The summed E-state index contributed by atoms with van der Waals surface area (Å²) in [7, 11) is 1.72. The topological polar surface area (TPSA) is 46.3 Å². The number of rotatable bonds is 3. The van der Waals surface area contributed by atoms with E-state index in [0.29, 0.717) is 11.6 Å². The van der Waals surface area contributed by atoms with E-state index in [1.165, 1.54) is 0 Å². The molecule has 0 heterocycles. The summed E-state index contributed by atoms with van der Waals surface area (Å²) in [4.78, 5) is 12.7. The number of carbonyl (C=O) groups is 1. The van der Waals surface area contributed by atoms with Crippen LogP contribution >= 0.6 is 24.0 Å². The highest BCUT2D eigenvalue weighted by Gasteiger charge is 2.06. The van der Waals surface area contributed by atoms with Crippen LogP contribution in [0.4, 0.5) is 0 Å². The number of hydrogen-bond acceptors (Lipinski definition) is 2. The summed E-state index contributed by atoms with van der Waals surface area (Å²) in [5, 5.41) is 0.677. The Morgan fingerprint density at radius 2 is 2.20 bits per heavy atom. The summed E-state index contributed by atoms with van der Waals surface area (Å²) in [5.41, 5.74) is 6.24. The highest BCUT2D eigenvalue weighted by molar-refractivity contribution is 6.30. The first-order chi connectivity index (χ1) is 6.63. The first-order valence-electron chi connectivity index (χ1n) is 4.32. The zero-order valence-corrected chi connectivity index (χ0v) is 10.0. The Bertz CT molecular complexity index is 331. The van der Waals surface area contributed by atoms with Crippen molar-refractivity contribution in [2.45, 2.75) is 6.54 Å². The van der Waals surface area contributed by atoms with Crippen molar-refractivity contribution in [2.24, 2.45) is 5.73 Å². The predicted molar refractivity (Wildman–Crippen MR) is 64.2 cm³/mol. The molecule has 0 saturated carbocycles. The molecule has 1 rings (SSSR count). The maximum atomic E-state index is 11.2. The molecule has 0 aliphatic carbocycles. The lowest BCUT2D eigenvalue weighted by atomic mass is 10.2. The van der Waals surface area contributed by atoms with Crippen molar-refractivity contribution in [3.05, 3.63) is 34.9 Å². The summed E-state index contributed by atoms with van der Waals surface area (Å²) in [6.45, 7) is 0.577. The third-order valence-electron chi connectivity index (χ3n) is 1.91. The van der Waals surface area contributed by atoms with Gasteiger partial charge in [-0.25, -0.2) is 0 Å². The first-order valence-corrected chi connectivity index (χ1v) is 4.69. The smallest absolute Gasteiger partial charge is 0.236 e. The van der Waals surface area contributed by atoms with Gasteiger partial charge in [-0.2, -0.15) is 0 Å². The van der Waals surface area contributed by atoms with Gasteiger partial charge in [0.25, 0.3) is 0 Å². The lowest BCUT2D eigenvalue weighted by Crippen LogP contribution is -2.32. The molecule has 1 aromatic carbocycles. The van der Waals surface area contributed by atoms with E-state index >= 15 is 0 Å². The molecule has 0 saturated heterocycles. The van der Waals surface area contributed by atoms with Crippen LogP contribution in [-0.4, -0.2) is 24.4 Å². The minimum Gasteiger partial charge on any atom is -0.340 e. The Labute approximate surface area is 101 Å². The molecule has 0 radical (unpaired) electrons. The minimum atomic E-state index is -0.0787. The normalized spacial score (nSPS) is 9.27. The molecule has 0 fully saturated rings. The molecule has 84 valence electrons. The fraction of sp³-hybridized carbons (Fsp3) is 0.300. The second-order valence-corrected chi connectivity index (χ2v) is 3.52. The third-order valence-corrected chi connectivity index (χ3v) is 2.14. The van der Waals surface area contributed by atoms with E-state index < -0.39 is 0 Å². The van der Waals surface area contributed by atoms with Crippen molar-refractivity contribution in [1.29, 1.82) is 0 Å². The van der Waals surface area contributed by atoms with Crippen LogP contribution < -0.4 is 5.73 Å². The van der Waals surface area contributed by atoms with E-state index in [9.17, 15) is 4.79 Å². The van der Waals surface area contributed by atoms with Crippen molar-refractivity contribution >= 4 is 29.9 Å². The Morgan fingerprint density at radius 1 is 1.53 bits per heavy atom. The molecule has 0 unspecified atom stereocenters. The summed E-state index contributed by atoms with van der Waals surface area (Å²) < 4.78 is 0. The highest BCUT2D eigenvalue weighted by Crippen LogP contribution is 2.11. The van der Waals surface area contributed by atoms with Crippen molar-refractivity contribution in [3.8, 4) is 0 Å². The van der Waals surface area contributed by atoms with Crippen molar-refractivity contribution < 1.29 is 4.79 Å². The van der Waals surface area contributed by atoms with Crippen LogP contribution in [0.5, 0.6) is 0 Å². The number of halogens is 2. The summed E-state index contributed by atoms with van der Waals surface area (Å²) in [6.07, 6.45) is 0. The Hall–Kier alpha value is -0.770. The van der Waals surface area contributed by atoms with Crippen LogP contribution in [0.2, 0.25) is 5.02 Å². The van der Waals surface area contributed by atoms with Gasteiger partial charge in [0.1, 0.15) is 0 Å². The van der Waals surface area contributed by atoms with Crippen LogP contribution in [-0.2, 0) is 11.3 Å². The average Bonchev–Trinajstić information content (AvgIpc) is 2.16. The third kappa shape index (κ3) is 4.51. The van der Waals surface area contributed by atoms with Crippen LogP contribution in [0.25, 0.3) is 0 Å². The van der Waals surface area contributed by atoms with Crippen LogP contribution in [0.3, 0.4) is 0 Å². The quantitative estimate of drug-likeness (QED) is 0.885. The average molecular weight is 249 g/mol. The Kier molecular flexibility index (Phi) is 6.32. The summed E-state index contributed by atoms with van der Waals surface area (Å²) >= 11 is 5.81. The molecule has 0 aliphatic rings. The van der Waals surface area contributed by atoms with Crippen LogP contribution in [0.15, 0.2) is 24.3 Å². The molecular weight excluding hydrogens is 235 g/mol. The number of nitrogens with zero attached hydrogens (tertiary/aromatic N) is 1. The number of carbonyl (C=O) groups excluding carboxylic acids is 1. The number of amides is 1. The van der Waals surface area contributed by atoms with Gasteiger partial charge in [0.2, 0.25) is 5.91 Å². The van der Waals surface area contributed by atoms with E-state index in [1.54, 1.807) is 18.0 Å². The van der Waals surface area contributed by atoms with Crippen molar-refractivity contribution in [3.63, 3.8) is 0 Å². The second-order valence-electron chi connectivity index (χ2n) is 3.08. The maximum absolute atomic E-state index is 11.2. The zero-order valence-electron chi connectivity index (χ0n) is 8.44. The van der Waals surface area contributed by atoms with Gasteiger partial charge in [-0.3, -0.25) is 4.79 Å². The van der Waals surface area contributed by atoms with Gasteiger partial charge in [0, 0.05) is 18.6 Å². The zero-order chi connectivity index (χ0) is 10.6. The number of likely N-dealkylation sites (N-methyl/N-ethyl adjacent to an activating group) is 1. The van der Waals surface area contributed by atoms with Gasteiger partial charge in [-0.1, -0.05) is 23.7 Å². The lowest BCUT2D eigenvalue weighted by Gasteiger charge is -2.16. The molecule has 1 aromatic rings. The molecule has 0 aliphatic heterocycles. The van der Waals surface area contributed by atoms with Crippen LogP contribution in [0, 0.1) is 0 Å². The predicted octanol–water partition coefficient (Wildman–Crippen LogP) is 1.68. The standard InChI is InChI=1S/C10H13ClN2O.ClH/c1-13(10(14)6-12)7-8-3-2-4-9(11)5-8;/h2-5H,6-7,12H2,1H3;1H. The van der Waals surface area contributed by atoms with Gasteiger partial charge in [-0.15, -0.1) is 12.4 Å². The molecular formula is C10H14Cl2N2O. The van der Waals surface area contributed by atoms with Gasteiger partial charge >= 0.3 is 0 Å². The summed E-state index contributed by atoms with van der Waals surface area (Å²) in [5.74, 6) is -0.0787. The molecule has 2 N–H and O–H groups in total. The largest absolute Gasteiger partial charge is 0.340 e. The van der Waals surface area contributed by atoms with E-state index in [0.717, 1.165) is 5.56 Å². The van der Waals surface area contributed by atoms with E-state index in [1.807, 2.05) is 18.2 Å². The SMILES string of the molecule is CN(Cc1cccc(Cl)c1)C(=O)CN.Cl. The number of hydrogen-bond donors (Lipinski definition) is 1. The molecule has 5 heteroatoms. The van der Waals surface area contributed by atoms with E-state index in [2.05, 4.69) is 0 Å². The van der Waals surface area contributed by atoms with Crippen LogP contribution in [0.1, 0.15) is 5.56 Å². The first kappa shape index (κ1) is 14.2. The van der Waals surface area contributed by atoms with Crippen molar-refractivity contribution in [2.75, 3.05) is 13.6 Å². The van der Waals surface area contributed by atoms with E-state index in [4.69, 9.17) is 17.3 Å². The van der Waals surface area contributed by atoms with Gasteiger partial charge in [0.05, 0.1) is 6.54 Å². The highest BCUT2D eigenvalue weighted by atomic mass is 35.5. The summed E-state index contributed by atoms with van der Waals surface area (Å²) in [6, 6.07) is 7.42. The van der Waals surface area contributed by atoms with E-state index in [-0.39, 0.29) is 24.9 Å². The van der Waals surface area contributed by atoms with Gasteiger partial charge < -0.3 is 10.6 Å². The Balaban J connectivity index is 0.00000196. The maximum Gasteiger partial charge on any atom is 0.236 e. The van der Waals surface area contributed by atoms with Crippen molar-refractivity contribution in [1.82, 2.24) is 4.90 Å².